The molecular formula is C27H24F5N7O3. The van der Waals surface area contributed by atoms with E-state index in [9.17, 15) is 22.4 Å². The number of pyridine rings is 2. The second kappa shape index (κ2) is 11.7. The lowest BCUT2D eigenvalue weighted by atomic mass is 10.2. The van der Waals surface area contributed by atoms with Gasteiger partial charge in [-0.05, 0) is 37.3 Å². The summed E-state index contributed by atoms with van der Waals surface area (Å²) < 4.78 is 82.5. The molecule has 1 fully saturated rings. The SMILES string of the molecule is C[C@H]1CN(Cc2c(Oc3ccc(NC(=O)c4cnn(-c5ncccc5F)c4C(F)(F)F)cc3F)ccnc2N)CCO1. The van der Waals surface area contributed by atoms with Gasteiger partial charge in [0.1, 0.15) is 11.6 Å². The number of carbonyl (C=O) groups excluding carboxylic acids is 1. The molecule has 4 aromatic rings. The fraction of sp³-hybridized carbons (Fsp3) is 0.259. The molecule has 5 rings (SSSR count). The van der Waals surface area contributed by atoms with Gasteiger partial charge >= 0.3 is 6.18 Å². The summed E-state index contributed by atoms with van der Waals surface area (Å²) in [5, 5.41) is 5.74. The van der Waals surface area contributed by atoms with E-state index < -0.39 is 40.8 Å². The molecule has 10 nitrogen and oxygen atoms in total. The first-order valence-corrected chi connectivity index (χ1v) is 12.6. The van der Waals surface area contributed by atoms with Crippen molar-refractivity contribution >= 4 is 17.4 Å². The molecule has 15 heteroatoms. The van der Waals surface area contributed by atoms with E-state index in [4.69, 9.17) is 15.2 Å². The zero-order valence-electron chi connectivity index (χ0n) is 22.0. The monoisotopic (exact) mass is 589 g/mol. The first-order valence-electron chi connectivity index (χ1n) is 12.6. The molecule has 0 unspecified atom stereocenters. The van der Waals surface area contributed by atoms with Crippen LogP contribution in [-0.4, -0.2) is 56.4 Å². The summed E-state index contributed by atoms with van der Waals surface area (Å²) in [5.41, 5.74) is 4.01. The Morgan fingerprint density at radius 3 is 2.67 bits per heavy atom. The third kappa shape index (κ3) is 6.16. The summed E-state index contributed by atoms with van der Waals surface area (Å²) in [7, 11) is 0. The van der Waals surface area contributed by atoms with Crippen LogP contribution in [0.15, 0.2) is 55.0 Å². The van der Waals surface area contributed by atoms with Crippen LogP contribution in [0.1, 0.15) is 28.5 Å². The predicted molar refractivity (Wildman–Crippen MR) is 140 cm³/mol. The smallest absolute Gasteiger partial charge is 0.434 e. The van der Waals surface area contributed by atoms with Gasteiger partial charge in [0.2, 0.25) is 0 Å². The molecule has 42 heavy (non-hydrogen) atoms. The number of hydrogen-bond acceptors (Lipinski definition) is 8. The number of anilines is 2. The van der Waals surface area contributed by atoms with Crippen LogP contribution in [-0.2, 0) is 17.5 Å². The number of amides is 1. The van der Waals surface area contributed by atoms with Gasteiger partial charge in [-0.3, -0.25) is 9.69 Å². The van der Waals surface area contributed by atoms with E-state index in [0.717, 1.165) is 18.3 Å². The van der Waals surface area contributed by atoms with Crippen molar-refractivity contribution in [2.75, 3.05) is 30.7 Å². The molecule has 1 aromatic carbocycles. The molecule has 1 saturated heterocycles. The van der Waals surface area contributed by atoms with E-state index in [0.29, 0.717) is 38.0 Å². The van der Waals surface area contributed by atoms with Crippen molar-refractivity contribution < 1.29 is 36.2 Å². The minimum Gasteiger partial charge on any atom is -0.454 e. The van der Waals surface area contributed by atoms with Crippen LogP contribution in [0.5, 0.6) is 11.5 Å². The molecule has 1 aliphatic heterocycles. The number of alkyl halides is 3. The second-order valence-electron chi connectivity index (χ2n) is 9.42. The van der Waals surface area contributed by atoms with E-state index in [1.54, 1.807) is 0 Å². The Bertz CT molecular complexity index is 1610. The van der Waals surface area contributed by atoms with Crippen LogP contribution in [0.3, 0.4) is 0 Å². The van der Waals surface area contributed by atoms with Gasteiger partial charge in [0.25, 0.3) is 5.91 Å². The molecule has 1 amide bonds. The second-order valence-corrected chi connectivity index (χ2v) is 9.42. The number of rotatable bonds is 7. The lowest BCUT2D eigenvalue weighted by molar-refractivity contribution is -0.143. The van der Waals surface area contributed by atoms with Gasteiger partial charge in [-0.1, -0.05) is 0 Å². The minimum atomic E-state index is -5.10. The molecule has 0 bridgehead atoms. The summed E-state index contributed by atoms with van der Waals surface area (Å²) in [6.07, 6.45) is -1.94. The highest BCUT2D eigenvalue weighted by Gasteiger charge is 2.41. The minimum absolute atomic E-state index is 0.0268. The highest BCUT2D eigenvalue weighted by molar-refractivity contribution is 6.05. The van der Waals surface area contributed by atoms with Crippen molar-refractivity contribution in [2.24, 2.45) is 0 Å². The Morgan fingerprint density at radius 1 is 1.14 bits per heavy atom. The molecule has 3 aromatic heterocycles. The largest absolute Gasteiger partial charge is 0.454 e. The number of nitrogens with zero attached hydrogens (tertiary/aromatic N) is 5. The van der Waals surface area contributed by atoms with Crippen LogP contribution in [0.4, 0.5) is 33.5 Å². The Balaban J connectivity index is 1.36. The molecule has 1 atom stereocenters. The van der Waals surface area contributed by atoms with Crippen molar-refractivity contribution in [2.45, 2.75) is 25.7 Å². The summed E-state index contributed by atoms with van der Waals surface area (Å²) in [6, 6.07) is 6.98. The van der Waals surface area contributed by atoms with Crippen molar-refractivity contribution in [3.05, 3.63) is 83.4 Å². The van der Waals surface area contributed by atoms with E-state index in [1.807, 2.05) is 6.92 Å². The predicted octanol–water partition coefficient (Wildman–Crippen LogP) is 4.81. The fourth-order valence-corrected chi connectivity index (χ4v) is 4.46. The average molecular weight is 590 g/mol. The van der Waals surface area contributed by atoms with Crippen LogP contribution < -0.4 is 15.8 Å². The molecular weight excluding hydrogens is 565 g/mol. The van der Waals surface area contributed by atoms with E-state index >= 15 is 4.39 Å². The molecule has 0 radical (unpaired) electrons. The summed E-state index contributed by atoms with van der Waals surface area (Å²) >= 11 is 0. The number of nitrogen functional groups attached to an aromatic ring is 1. The van der Waals surface area contributed by atoms with Crippen LogP contribution in [0.2, 0.25) is 0 Å². The number of benzene rings is 1. The topological polar surface area (TPSA) is 120 Å². The molecule has 0 aliphatic carbocycles. The maximum atomic E-state index is 15.1. The van der Waals surface area contributed by atoms with Gasteiger partial charge in [-0.15, -0.1) is 0 Å². The zero-order chi connectivity index (χ0) is 30.0. The van der Waals surface area contributed by atoms with E-state index in [1.165, 1.54) is 30.5 Å². The van der Waals surface area contributed by atoms with E-state index in [2.05, 4.69) is 25.3 Å². The number of halogens is 5. The highest BCUT2D eigenvalue weighted by atomic mass is 19.4. The normalized spacial score (nSPS) is 15.9. The molecule has 1 aliphatic rings. The highest BCUT2D eigenvalue weighted by Crippen LogP contribution is 2.35. The number of aromatic nitrogens is 4. The number of ether oxygens (including phenoxy) is 2. The quantitative estimate of drug-likeness (QED) is 0.295. The number of nitrogens with one attached hydrogen (secondary N) is 1. The third-order valence-corrected chi connectivity index (χ3v) is 6.38. The van der Waals surface area contributed by atoms with Gasteiger partial charge < -0.3 is 20.5 Å². The lowest BCUT2D eigenvalue weighted by Gasteiger charge is -2.31. The van der Waals surface area contributed by atoms with Crippen molar-refractivity contribution in [3.63, 3.8) is 0 Å². The van der Waals surface area contributed by atoms with Crippen LogP contribution in [0.25, 0.3) is 5.82 Å². The van der Waals surface area contributed by atoms with Crippen LogP contribution >= 0.6 is 0 Å². The molecule has 4 heterocycles. The summed E-state index contributed by atoms with van der Waals surface area (Å²) in [5.74, 6) is -3.71. The number of carbonyl (C=O) groups is 1. The number of morpholine rings is 1. The Morgan fingerprint density at radius 2 is 1.95 bits per heavy atom. The molecule has 0 spiro atoms. The molecule has 220 valence electrons. The number of hydrogen-bond donors (Lipinski definition) is 2. The zero-order valence-corrected chi connectivity index (χ0v) is 22.0. The maximum Gasteiger partial charge on any atom is 0.434 e. The number of nitrogens with two attached hydrogens (primary N) is 1. The Labute approximate surface area is 235 Å². The van der Waals surface area contributed by atoms with Crippen molar-refractivity contribution in [3.8, 4) is 17.3 Å². The van der Waals surface area contributed by atoms with Crippen molar-refractivity contribution in [1.82, 2.24) is 24.6 Å². The fourth-order valence-electron chi connectivity index (χ4n) is 4.46. The maximum absolute atomic E-state index is 15.1. The van der Waals surface area contributed by atoms with Crippen LogP contribution in [0, 0.1) is 11.6 Å². The molecule has 0 saturated carbocycles. The van der Waals surface area contributed by atoms with Gasteiger partial charge in [0, 0.05) is 43.8 Å². The first kappa shape index (κ1) is 28.9. The van der Waals surface area contributed by atoms with Gasteiger partial charge in [0.15, 0.2) is 28.9 Å². The summed E-state index contributed by atoms with van der Waals surface area (Å²) in [4.78, 5) is 22.6. The van der Waals surface area contributed by atoms with Gasteiger partial charge in [-0.25, -0.2) is 23.4 Å². The third-order valence-electron chi connectivity index (χ3n) is 6.38. The van der Waals surface area contributed by atoms with Crippen molar-refractivity contribution in [1.29, 1.82) is 0 Å². The van der Waals surface area contributed by atoms with E-state index in [-0.39, 0.29) is 33.8 Å². The average Bonchev–Trinajstić information content (AvgIpc) is 3.38. The first-order chi connectivity index (χ1) is 20.0. The Kier molecular flexibility index (Phi) is 8.04. The van der Waals surface area contributed by atoms with Gasteiger partial charge in [-0.2, -0.15) is 18.3 Å². The standard InChI is InChI=1S/C27H24F5N7O3/c1-15-13-38(9-10-41-15)14-18-21(6-8-34-24(18)33)42-22-5-4-16(11-20(22)29)37-26(40)17-12-36-39(23(17)27(30,31)32)25-19(28)3-2-7-35-25/h2-8,11-12,15H,9-10,13-14H2,1H3,(H2,33,34)(H,37,40)/t15-/m0/s1. The lowest BCUT2D eigenvalue weighted by Crippen LogP contribution is -2.40. The summed E-state index contributed by atoms with van der Waals surface area (Å²) in [6.45, 7) is 4.19. The van der Waals surface area contributed by atoms with Gasteiger partial charge in [0.05, 0.1) is 30.0 Å². The molecule has 3 N–H and O–H groups in total. The Hall–Kier alpha value is -4.63.